The van der Waals surface area contributed by atoms with E-state index in [1.54, 1.807) is 36.6 Å². The Morgan fingerprint density at radius 2 is 2.05 bits per heavy atom. The van der Waals surface area contributed by atoms with E-state index in [0.29, 0.717) is 23.5 Å². The van der Waals surface area contributed by atoms with Crippen molar-refractivity contribution in [1.29, 1.82) is 0 Å². The molecule has 0 spiro atoms. The van der Waals surface area contributed by atoms with Crippen LogP contribution in [0, 0.1) is 0 Å². The third-order valence-electron chi connectivity index (χ3n) is 2.72. The van der Waals surface area contributed by atoms with Gasteiger partial charge < -0.3 is 9.47 Å². The molecular formula is C14H13BrO3S. The summed E-state index contributed by atoms with van der Waals surface area (Å²) in [6, 6.07) is 7.26. The van der Waals surface area contributed by atoms with Crippen LogP contribution in [-0.2, 0) is 6.42 Å². The molecule has 5 heteroatoms. The standard InChI is InChI=1S/C14H13BrO3S/c1-17-12-5-3-4-9(14(12)18-2)11(16)8-13-10(15)6-7-19-13/h3-7H,8H2,1-2H3. The second-order valence-electron chi connectivity index (χ2n) is 3.83. The fraction of sp³-hybridized carbons (Fsp3) is 0.214. The van der Waals surface area contributed by atoms with Gasteiger partial charge in [0, 0.05) is 15.8 Å². The van der Waals surface area contributed by atoms with Gasteiger partial charge in [-0.1, -0.05) is 6.07 Å². The molecule has 0 aliphatic rings. The number of ketones is 1. The minimum Gasteiger partial charge on any atom is -0.493 e. The summed E-state index contributed by atoms with van der Waals surface area (Å²) < 4.78 is 11.5. The molecule has 0 amide bonds. The van der Waals surface area contributed by atoms with Crippen molar-refractivity contribution in [3.63, 3.8) is 0 Å². The lowest BCUT2D eigenvalue weighted by atomic mass is 10.1. The van der Waals surface area contributed by atoms with E-state index in [9.17, 15) is 4.79 Å². The van der Waals surface area contributed by atoms with Gasteiger partial charge in [0.15, 0.2) is 17.3 Å². The van der Waals surface area contributed by atoms with Crippen molar-refractivity contribution in [2.24, 2.45) is 0 Å². The molecule has 0 saturated carbocycles. The van der Waals surface area contributed by atoms with Crippen molar-refractivity contribution in [2.45, 2.75) is 6.42 Å². The molecule has 0 saturated heterocycles. The van der Waals surface area contributed by atoms with Crippen molar-refractivity contribution < 1.29 is 14.3 Å². The van der Waals surface area contributed by atoms with Gasteiger partial charge in [0.2, 0.25) is 0 Å². The number of thiophene rings is 1. The molecule has 0 atom stereocenters. The van der Waals surface area contributed by atoms with Crippen molar-refractivity contribution >= 4 is 33.0 Å². The predicted molar refractivity (Wildman–Crippen MR) is 79.6 cm³/mol. The Labute approximate surface area is 124 Å². The van der Waals surface area contributed by atoms with E-state index in [-0.39, 0.29) is 5.78 Å². The van der Waals surface area contributed by atoms with Gasteiger partial charge in [-0.2, -0.15) is 0 Å². The number of hydrogen-bond donors (Lipinski definition) is 0. The van der Waals surface area contributed by atoms with E-state index < -0.39 is 0 Å². The molecule has 0 radical (unpaired) electrons. The fourth-order valence-corrected chi connectivity index (χ4v) is 3.29. The minimum atomic E-state index is 0.0129. The third kappa shape index (κ3) is 2.98. The van der Waals surface area contributed by atoms with Gasteiger partial charge in [-0.3, -0.25) is 4.79 Å². The first kappa shape index (κ1) is 14.1. The van der Waals surface area contributed by atoms with Crippen LogP contribution in [0.5, 0.6) is 11.5 Å². The smallest absolute Gasteiger partial charge is 0.171 e. The van der Waals surface area contributed by atoms with Gasteiger partial charge in [-0.25, -0.2) is 0 Å². The number of Topliss-reactive ketones (excluding diaryl/α,β-unsaturated/α-hetero) is 1. The summed E-state index contributed by atoms with van der Waals surface area (Å²) in [6.07, 6.45) is 0.349. The number of carbonyl (C=O) groups is 1. The molecule has 19 heavy (non-hydrogen) atoms. The predicted octanol–water partition coefficient (Wildman–Crippen LogP) is 3.95. The van der Waals surface area contributed by atoms with Crippen LogP contribution in [0.15, 0.2) is 34.1 Å². The molecule has 1 aromatic carbocycles. The largest absolute Gasteiger partial charge is 0.493 e. The van der Waals surface area contributed by atoms with Gasteiger partial charge in [-0.15, -0.1) is 11.3 Å². The summed E-state index contributed by atoms with van der Waals surface area (Å²) in [6.45, 7) is 0. The summed E-state index contributed by atoms with van der Waals surface area (Å²) >= 11 is 4.99. The Balaban J connectivity index is 2.31. The number of carbonyl (C=O) groups excluding carboxylic acids is 1. The second kappa shape index (κ2) is 6.21. The minimum absolute atomic E-state index is 0.0129. The molecule has 100 valence electrons. The maximum Gasteiger partial charge on any atom is 0.171 e. The van der Waals surface area contributed by atoms with Gasteiger partial charge >= 0.3 is 0 Å². The third-order valence-corrected chi connectivity index (χ3v) is 4.64. The van der Waals surface area contributed by atoms with Crippen molar-refractivity contribution in [3.8, 4) is 11.5 Å². The Bertz CT molecular complexity index is 592. The average molecular weight is 341 g/mol. The monoisotopic (exact) mass is 340 g/mol. The topological polar surface area (TPSA) is 35.5 Å². The zero-order chi connectivity index (χ0) is 13.8. The number of ether oxygens (including phenoxy) is 2. The number of rotatable bonds is 5. The zero-order valence-electron chi connectivity index (χ0n) is 10.6. The molecule has 0 aliphatic carbocycles. The Morgan fingerprint density at radius 3 is 2.63 bits per heavy atom. The van der Waals surface area contributed by atoms with E-state index in [0.717, 1.165) is 9.35 Å². The molecule has 3 nitrogen and oxygen atoms in total. The number of benzene rings is 1. The highest BCUT2D eigenvalue weighted by Crippen LogP contribution is 2.32. The van der Waals surface area contributed by atoms with E-state index >= 15 is 0 Å². The summed E-state index contributed by atoms with van der Waals surface area (Å²) in [5.74, 6) is 1.07. The van der Waals surface area contributed by atoms with Gasteiger partial charge in [0.25, 0.3) is 0 Å². The van der Waals surface area contributed by atoms with E-state index in [1.807, 2.05) is 11.4 Å². The van der Waals surface area contributed by atoms with Crippen LogP contribution in [0.25, 0.3) is 0 Å². The molecule has 1 aromatic heterocycles. The molecule has 0 aliphatic heterocycles. The van der Waals surface area contributed by atoms with Crippen LogP contribution in [0.3, 0.4) is 0 Å². The summed E-state index contributed by atoms with van der Waals surface area (Å²) in [5.41, 5.74) is 0.544. The molecule has 1 heterocycles. The first-order valence-corrected chi connectivity index (χ1v) is 7.30. The Morgan fingerprint density at radius 1 is 1.26 bits per heavy atom. The Kier molecular flexibility index (Phi) is 4.61. The molecule has 0 bridgehead atoms. The Hall–Kier alpha value is -1.33. The molecule has 0 fully saturated rings. The van der Waals surface area contributed by atoms with Crippen LogP contribution in [0.1, 0.15) is 15.2 Å². The molecule has 2 rings (SSSR count). The summed E-state index contributed by atoms with van der Waals surface area (Å²) in [4.78, 5) is 13.4. The van der Waals surface area contributed by atoms with Crippen LogP contribution in [0.4, 0.5) is 0 Å². The number of hydrogen-bond acceptors (Lipinski definition) is 4. The lowest BCUT2D eigenvalue weighted by Gasteiger charge is -2.11. The zero-order valence-corrected chi connectivity index (χ0v) is 13.0. The molecule has 0 N–H and O–H groups in total. The van der Waals surface area contributed by atoms with E-state index in [4.69, 9.17) is 9.47 Å². The SMILES string of the molecule is COc1cccc(C(=O)Cc2sccc2Br)c1OC. The van der Waals surface area contributed by atoms with Crippen LogP contribution in [0.2, 0.25) is 0 Å². The van der Waals surface area contributed by atoms with E-state index in [1.165, 1.54) is 7.11 Å². The first-order valence-electron chi connectivity index (χ1n) is 5.63. The summed E-state index contributed by atoms with van der Waals surface area (Å²) in [7, 11) is 3.09. The fourth-order valence-electron chi connectivity index (χ4n) is 1.80. The summed E-state index contributed by atoms with van der Waals surface area (Å²) in [5, 5.41) is 1.95. The highest BCUT2D eigenvalue weighted by molar-refractivity contribution is 9.10. The van der Waals surface area contributed by atoms with Crippen molar-refractivity contribution in [2.75, 3.05) is 14.2 Å². The van der Waals surface area contributed by atoms with Crippen LogP contribution in [-0.4, -0.2) is 20.0 Å². The van der Waals surface area contributed by atoms with Gasteiger partial charge in [0.1, 0.15) is 0 Å². The highest BCUT2D eigenvalue weighted by Gasteiger charge is 2.17. The molecular weight excluding hydrogens is 328 g/mol. The lowest BCUT2D eigenvalue weighted by molar-refractivity contribution is 0.0990. The van der Waals surface area contributed by atoms with Crippen LogP contribution < -0.4 is 9.47 Å². The van der Waals surface area contributed by atoms with Crippen LogP contribution >= 0.6 is 27.3 Å². The highest BCUT2D eigenvalue weighted by atomic mass is 79.9. The van der Waals surface area contributed by atoms with Crippen molar-refractivity contribution in [1.82, 2.24) is 0 Å². The van der Waals surface area contributed by atoms with E-state index in [2.05, 4.69) is 15.9 Å². The quantitative estimate of drug-likeness (QED) is 0.773. The van der Waals surface area contributed by atoms with Gasteiger partial charge in [-0.05, 0) is 39.5 Å². The number of halogens is 1. The molecule has 0 unspecified atom stereocenters. The van der Waals surface area contributed by atoms with Gasteiger partial charge in [0.05, 0.1) is 19.8 Å². The van der Waals surface area contributed by atoms with Crippen molar-refractivity contribution in [3.05, 3.63) is 44.6 Å². The number of methoxy groups -OCH3 is 2. The maximum atomic E-state index is 12.4. The lowest BCUT2D eigenvalue weighted by Crippen LogP contribution is -2.06. The number of para-hydroxylation sites is 1. The first-order chi connectivity index (χ1) is 9.17. The normalized spacial score (nSPS) is 10.3. The average Bonchev–Trinajstić information content (AvgIpc) is 2.83. The second-order valence-corrected chi connectivity index (χ2v) is 5.69. The molecule has 2 aromatic rings. The maximum absolute atomic E-state index is 12.4.